The highest BCUT2D eigenvalue weighted by Gasteiger charge is 2.27. The fraction of sp³-hybridized carbons (Fsp3) is 0.562. The van der Waals surface area contributed by atoms with Crippen molar-refractivity contribution in [1.29, 1.82) is 0 Å². The molecule has 21 heavy (non-hydrogen) atoms. The Morgan fingerprint density at radius 1 is 1.19 bits per heavy atom. The first-order chi connectivity index (χ1) is 9.91. The van der Waals surface area contributed by atoms with Crippen molar-refractivity contribution in [3.8, 4) is 0 Å². The van der Waals surface area contributed by atoms with Crippen molar-refractivity contribution in [1.82, 2.24) is 4.90 Å². The number of amides is 1. The number of hydrogen-bond donors (Lipinski definition) is 1. The van der Waals surface area contributed by atoms with Gasteiger partial charge in [0.05, 0.1) is 12.0 Å². The lowest BCUT2D eigenvalue weighted by Gasteiger charge is -2.37. The molecular weight excluding hydrogens is 266 g/mol. The van der Waals surface area contributed by atoms with Crippen LogP contribution in [0.3, 0.4) is 0 Å². The van der Waals surface area contributed by atoms with Crippen LogP contribution in [0, 0.1) is 0 Å². The van der Waals surface area contributed by atoms with Crippen LogP contribution in [-0.2, 0) is 9.53 Å². The van der Waals surface area contributed by atoms with E-state index in [1.165, 1.54) is 0 Å². The summed E-state index contributed by atoms with van der Waals surface area (Å²) >= 11 is 0. The minimum atomic E-state index is -0.398. The smallest absolute Gasteiger partial charge is 0.225 e. The molecule has 0 radical (unpaired) electrons. The Hall–Kier alpha value is -1.75. The molecule has 1 aromatic rings. The third kappa shape index (κ3) is 4.11. The van der Waals surface area contributed by atoms with Crippen LogP contribution in [0.4, 0.5) is 11.4 Å². The van der Waals surface area contributed by atoms with Crippen molar-refractivity contribution in [3.05, 3.63) is 24.3 Å². The van der Waals surface area contributed by atoms with E-state index < -0.39 is 5.60 Å². The molecular formula is C16H25N3O2. The van der Waals surface area contributed by atoms with Gasteiger partial charge in [-0.05, 0) is 38.1 Å². The standard InChI is InChI=1S/C16H25N3O2/c1-16(2,21-3)12-15(20)19-10-8-18(9-11-19)14-6-4-13(17)5-7-14/h4-7H,8-12,17H2,1-3H3. The maximum Gasteiger partial charge on any atom is 0.225 e. The van der Waals surface area contributed by atoms with E-state index in [0.29, 0.717) is 6.42 Å². The minimum absolute atomic E-state index is 0.166. The monoisotopic (exact) mass is 291 g/mol. The summed E-state index contributed by atoms with van der Waals surface area (Å²) in [5, 5.41) is 0. The number of piperazine rings is 1. The first-order valence-electron chi connectivity index (χ1n) is 7.35. The van der Waals surface area contributed by atoms with Crippen molar-refractivity contribution in [2.45, 2.75) is 25.9 Å². The van der Waals surface area contributed by atoms with Gasteiger partial charge in [-0.25, -0.2) is 0 Å². The van der Waals surface area contributed by atoms with Crippen LogP contribution in [0.2, 0.25) is 0 Å². The average Bonchev–Trinajstić information content (AvgIpc) is 2.48. The van der Waals surface area contributed by atoms with Crippen LogP contribution in [0.25, 0.3) is 0 Å². The SMILES string of the molecule is COC(C)(C)CC(=O)N1CCN(c2ccc(N)cc2)CC1. The first-order valence-corrected chi connectivity index (χ1v) is 7.35. The Morgan fingerprint density at radius 2 is 1.76 bits per heavy atom. The summed E-state index contributed by atoms with van der Waals surface area (Å²) in [6.45, 7) is 7.09. The van der Waals surface area contributed by atoms with Crippen molar-refractivity contribution in [3.63, 3.8) is 0 Å². The van der Waals surface area contributed by atoms with Gasteiger partial charge in [0.2, 0.25) is 5.91 Å². The lowest BCUT2D eigenvalue weighted by atomic mass is 10.0. The number of rotatable bonds is 4. The predicted molar refractivity (Wildman–Crippen MR) is 85.4 cm³/mol. The van der Waals surface area contributed by atoms with Gasteiger partial charge >= 0.3 is 0 Å². The molecule has 0 aliphatic carbocycles. The number of methoxy groups -OCH3 is 1. The van der Waals surface area contributed by atoms with Gasteiger partial charge in [-0.15, -0.1) is 0 Å². The van der Waals surface area contributed by atoms with E-state index >= 15 is 0 Å². The van der Waals surface area contributed by atoms with Crippen molar-refractivity contribution >= 4 is 17.3 Å². The van der Waals surface area contributed by atoms with Crippen LogP contribution in [0.1, 0.15) is 20.3 Å². The van der Waals surface area contributed by atoms with Gasteiger partial charge in [-0.2, -0.15) is 0 Å². The zero-order chi connectivity index (χ0) is 15.5. The highest BCUT2D eigenvalue weighted by atomic mass is 16.5. The molecule has 0 spiro atoms. The number of ether oxygens (including phenoxy) is 1. The van der Waals surface area contributed by atoms with Gasteiger partial charge in [0.1, 0.15) is 0 Å². The molecule has 1 amide bonds. The van der Waals surface area contributed by atoms with Gasteiger partial charge in [-0.3, -0.25) is 4.79 Å². The second kappa shape index (κ2) is 6.35. The quantitative estimate of drug-likeness (QED) is 0.858. The second-order valence-electron chi connectivity index (χ2n) is 6.10. The number of anilines is 2. The van der Waals surface area contributed by atoms with Gasteiger partial charge < -0.3 is 20.3 Å². The fourth-order valence-electron chi connectivity index (χ4n) is 2.45. The summed E-state index contributed by atoms with van der Waals surface area (Å²) in [5.74, 6) is 0.166. The molecule has 1 aliphatic rings. The maximum atomic E-state index is 12.3. The topological polar surface area (TPSA) is 58.8 Å². The number of carbonyl (C=O) groups is 1. The van der Waals surface area contributed by atoms with Crippen LogP contribution in [-0.4, -0.2) is 49.7 Å². The highest BCUT2D eigenvalue weighted by molar-refractivity contribution is 5.77. The molecule has 2 N–H and O–H groups in total. The average molecular weight is 291 g/mol. The van der Waals surface area contributed by atoms with Crippen LogP contribution >= 0.6 is 0 Å². The Labute approximate surface area is 126 Å². The van der Waals surface area contributed by atoms with Crippen molar-refractivity contribution in [2.75, 3.05) is 43.9 Å². The molecule has 1 saturated heterocycles. The predicted octanol–water partition coefficient (Wildman–Crippen LogP) is 1.73. The van der Waals surface area contributed by atoms with E-state index in [9.17, 15) is 4.79 Å². The second-order valence-corrected chi connectivity index (χ2v) is 6.10. The van der Waals surface area contributed by atoms with E-state index in [0.717, 1.165) is 37.6 Å². The van der Waals surface area contributed by atoms with Crippen LogP contribution in [0.5, 0.6) is 0 Å². The van der Waals surface area contributed by atoms with Gasteiger partial charge in [0.25, 0.3) is 0 Å². The molecule has 0 saturated carbocycles. The molecule has 5 heteroatoms. The van der Waals surface area contributed by atoms with E-state index in [-0.39, 0.29) is 5.91 Å². The lowest BCUT2D eigenvalue weighted by Crippen LogP contribution is -2.50. The zero-order valence-corrected chi connectivity index (χ0v) is 13.1. The molecule has 0 bridgehead atoms. The molecule has 0 atom stereocenters. The Morgan fingerprint density at radius 3 is 2.29 bits per heavy atom. The summed E-state index contributed by atoms with van der Waals surface area (Å²) in [6, 6.07) is 7.88. The number of nitrogens with zero attached hydrogens (tertiary/aromatic N) is 2. The van der Waals surface area contributed by atoms with E-state index in [4.69, 9.17) is 10.5 Å². The molecule has 1 heterocycles. The zero-order valence-electron chi connectivity index (χ0n) is 13.1. The largest absolute Gasteiger partial charge is 0.399 e. The first kappa shape index (κ1) is 15.6. The molecule has 1 fully saturated rings. The van der Waals surface area contributed by atoms with E-state index in [2.05, 4.69) is 4.90 Å². The van der Waals surface area contributed by atoms with Gasteiger partial charge in [-0.1, -0.05) is 0 Å². The summed E-state index contributed by atoms with van der Waals surface area (Å²) in [5.41, 5.74) is 7.24. The number of nitrogens with two attached hydrogens (primary N) is 1. The normalized spacial score (nSPS) is 16.1. The summed E-state index contributed by atoms with van der Waals surface area (Å²) in [7, 11) is 1.65. The number of benzene rings is 1. The van der Waals surface area contributed by atoms with E-state index in [1.807, 2.05) is 43.0 Å². The highest BCUT2D eigenvalue weighted by Crippen LogP contribution is 2.20. The van der Waals surface area contributed by atoms with E-state index in [1.54, 1.807) is 7.11 Å². The lowest BCUT2D eigenvalue weighted by molar-refractivity contribution is -0.136. The maximum absolute atomic E-state index is 12.3. The number of hydrogen-bond acceptors (Lipinski definition) is 4. The third-order valence-electron chi connectivity index (χ3n) is 4.02. The molecule has 0 unspecified atom stereocenters. The molecule has 116 valence electrons. The molecule has 1 aromatic carbocycles. The number of carbonyl (C=O) groups excluding carboxylic acids is 1. The Balaban J connectivity index is 1.88. The van der Waals surface area contributed by atoms with Gasteiger partial charge in [0, 0.05) is 44.7 Å². The summed E-state index contributed by atoms with van der Waals surface area (Å²) in [6.07, 6.45) is 0.422. The van der Waals surface area contributed by atoms with Gasteiger partial charge in [0.15, 0.2) is 0 Å². The molecule has 1 aliphatic heterocycles. The fourth-order valence-corrected chi connectivity index (χ4v) is 2.45. The summed E-state index contributed by atoms with van der Waals surface area (Å²) in [4.78, 5) is 16.5. The van der Waals surface area contributed by atoms with Crippen molar-refractivity contribution < 1.29 is 9.53 Å². The minimum Gasteiger partial charge on any atom is -0.399 e. The number of nitrogen functional groups attached to an aromatic ring is 1. The summed E-state index contributed by atoms with van der Waals surface area (Å²) < 4.78 is 5.33. The Kier molecular flexibility index (Phi) is 4.73. The molecule has 5 nitrogen and oxygen atoms in total. The third-order valence-corrected chi connectivity index (χ3v) is 4.02. The molecule has 2 rings (SSSR count). The van der Waals surface area contributed by atoms with Crippen molar-refractivity contribution in [2.24, 2.45) is 0 Å². The Bertz CT molecular complexity index is 477. The van der Waals surface area contributed by atoms with Crippen LogP contribution < -0.4 is 10.6 Å². The molecule has 0 aromatic heterocycles. The van der Waals surface area contributed by atoms with Crippen LogP contribution in [0.15, 0.2) is 24.3 Å².